The van der Waals surface area contributed by atoms with Crippen LogP contribution in [0.25, 0.3) is 0 Å². The van der Waals surface area contributed by atoms with Crippen LogP contribution in [-0.2, 0) is 9.53 Å². The van der Waals surface area contributed by atoms with E-state index in [0.717, 1.165) is 12.8 Å². The number of likely N-dealkylation sites (tertiary alicyclic amines) is 1. The highest BCUT2D eigenvalue weighted by molar-refractivity contribution is 5.86. The van der Waals surface area contributed by atoms with Crippen molar-refractivity contribution in [2.75, 3.05) is 6.54 Å². The largest absolute Gasteiger partial charge is 0.444 e. The first-order chi connectivity index (χ1) is 8.21. The van der Waals surface area contributed by atoms with E-state index >= 15 is 0 Å². The van der Waals surface area contributed by atoms with Crippen LogP contribution in [0.15, 0.2) is 0 Å². The number of piperidine rings is 1. The van der Waals surface area contributed by atoms with E-state index in [1.807, 2.05) is 27.7 Å². The van der Waals surface area contributed by atoms with E-state index in [4.69, 9.17) is 4.74 Å². The molecule has 18 heavy (non-hydrogen) atoms. The normalized spacial score (nSPS) is 27.0. The van der Waals surface area contributed by atoms with Gasteiger partial charge in [-0.25, -0.2) is 4.79 Å². The minimum absolute atomic E-state index is 0.168. The van der Waals surface area contributed by atoms with Gasteiger partial charge in [-0.2, -0.15) is 0 Å². The molecule has 0 aromatic heterocycles. The topological polar surface area (TPSA) is 46.6 Å². The van der Waals surface area contributed by atoms with E-state index in [1.54, 1.807) is 4.90 Å². The van der Waals surface area contributed by atoms with Crippen LogP contribution < -0.4 is 0 Å². The molecule has 102 valence electrons. The number of amides is 1. The van der Waals surface area contributed by atoms with Gasteiger partial charge in [-0.05, 0) is 46.0 Å². The zero-order chi connectivity index (χ0) is 13.6. The third-order valence-corrected chi connectivity index (χ3v) is 3.92. The molecule has 1 unspecified atom stereocenters. The summed E-state index contributed by atoms with van der Waals surface area (Å²) in [7, 11) is 0. The first-order valence-corrected chi connectivity index (χ1v) is 6.72. The van der Waals surface area contributed by atoms with Crippen LogP contribution in [0.4, 0.5) is 4.79 Å². The predicted molar refractivity (Wildman–Crippen MR) is 68.3 cm³/mol. The molecule has 1 amide bonds. The molecule has 2 aliphatic rings. The molecular formula is C14H23NO3. The van der Waals surface area contributed by atoms with Gasteiger partial charge in [-0.15, -0.1) is 0 Å². The van der Waals surface area contributed by atoms with E-state index in [0.29, 0.717) is 25.2 Å². The van der Waals surface area contributed by atoms with Gasteiger partial charge in [0.1, 0.15) is 11.4 Å². The molecular weight excluding hydrogens is 230 g/mol. The van der Waals surface area contributed by atoms with Gasteiger partial charge in [-0.1, -0.05) is 0 Å². The minimum atomic E-state index is -0.446. The Morgan fingerprint density at radius 2 is 2.00 bits per heavy atom. The Kier molecular flexibility index (Phi) is 3.16. The second-order valence-corrected chi connectivity index (χ2v) is 6.87. The Bertz CT molecular complexity index is 362. The van der Waals surface area contributed by atoms with Crippen molar-refractivity contribution in [1.82, 2.24) is 4.90 Å². The molecule has 2 fully saturated rings. The lowest BCUT2D eigenvalue weighted by atomic mass is 9.61. The third-order valence-electron chi connectivity index (χ3n) is 3.92. The fourth-order valence-electron chi connectivity index (χ4n) is 3.11. The summed E-state index contributed by atoms with van der Waals surface area (Å²) in [4.78, 5) is 25.0. The van der Waals surface area contributed by atoms with E-state index in [-0.39, 0.29) is 17.6 Å². The van der Waals surface area contributed by atoms with Crippen LogP contribution in [-0.4, -0.2) is 35.0 Å². The maximum absolute atomic E-state index is 12.0. The van der Waals surface area contributed by atoms with Crippen LogP contribution in [0.1, 0.15) is 53.4 Å². The Balaban J connectivity index is 1.93. The highest BCUT2D eigenvalue weighted by atomic mass is 16.6. The standard InChI is InChI=1S/C14H23NO3/c1-10-7-14(8-11(16)9-14)5-6-15(10)12(17)18-13(2,3)4/h10H,5-9H2,1-4H3. The Morgan fingerprint density at radius 1 is 1.39 bits per heavy atom. The smallest absolute Gasteiger partial charge is 0.410 e. The van der Waals surface area contributed by atoms with Crippen molar-refractivity contribution in [3.8, 4) is 0 Å². The van der Waals surface area contributed by atoms with Crippen molar-refractivity contribution in [2.45, 2.75) is 65.0 Å². The van der Waals surface area contributed by atoms with Crippen molar-refractivity contribution < 1.29 is 14.3 Å². The lowest BCUT2D eigenvalue weighted by Crippen LogP contribution is -2.53. The van der Waals surface area contributed by atoms with Gasteiger partial charge in [0.15, 0.2) is 0 Å². The molecule has 4 heteroatoms. The molecule has 1 spiro atoms. The van der Waals surface area contributed by atoms with E-state index in [9.17, 15) is 9.59 Å². The molecule has 2 rings (SSSR count). The summed E-state index contributed by atoms with van der Waals surface area (Å²) in [6.07, 6.45) is 3.05. The second kappa shape index (κ2) is 4.25. The van der Waals surface area contributed by atoms with Gasteiger partial charge in [-0.3, -0.25) is 4.79 Å². The lowest BCUT2D eigenvalue weighted by Gasteiger charge is -2.49. The molecule has 1 heterocycles. The zero-order valence-electron chi connectivity index (χ0n) is 11.8. The number of Topliss-reactive ketones (excluding diaryl/α,β-unsaturated/α-hetero) is 1. The first-order valence-electron chi connectivity index (χ1n) is 6.72. The van der Waals surface area contributed by atoms with E-state index < -0.39 is 5.60 Å². The summed E-state index contributed by atoms with van der Waals surface area (Å²) < 4.78 is 5.41. The predicted octanol–water partition coefficient (Wildman–Crippen LogP) is 2.76. The molecule has 1 atom stereocenters. The highest BCUT2D eigenvalue weighted by Crippen LogP contribution is 2.48. The summed E-state index contributed by atoms with van der Waals surface area (Å²) in [5.41, 5.74) is -0.257. The summed E-state index contributed by atoms with van der Waals surface area (Å²) in [6, 6.07) is 0.168. The number of ketones is 1. The number of hydrogen-bond acceptors (Lipinski definition) is 3. The van der Waals surface area contributed by atoms with Crippen molar-refractivity contribution in [2.24, 2.45) is 5.41 Å². The number of rotatable bonds is 0. The summed E-state index contributed by atoms with van der Waals surface area (Å²) >= 11 is 0. The zero-order valence-corrected chi connectivity index (χ0v) is 11.8. The van der Waals surface area contributed by atoms with Crippen molar-refractivity contribution in [1.29, 1.82) is 0 Å². The fraction of sp³-hybridized carbons (Fsp3) is 0.857. The molecule has 4 nitrogen and oxygen atoms in total. The number of nitrogens with zero attached hydrogens (tertiary/aromatic N) is 1. The Morgan fingerprint density at radius 3 is 2.44 bits per heavy atom. The van der Waals surface area contributed by atoms with Crippen LogP contribution in [0.3, 0.4) is 0 Å². The van der Waals surface area contributed by atoms with Gasteiger partial charge in [0.25, 0.3) is 0 Å². The van der Waals surface area contributed by atoms with E-state index in [2.05, 4.69) is 0 Å². The second-order valence-electron chi connectivity index (χ2n) is 6.87. The SMILES string of the molecule is CC1CC2(CCN1C(=O)OC(C)(C)C)CC(=O)C2. The Hall–Kier alpha value is -1.06. The number of ether oxygens (including phenoxy) is 1. The summed E-state index contributed by atoms with van der Waals surface area (Å²) in [5, 5.41) is 0. The molecule has 1 aliphatic carbocycles. The monoisotopic (exact) mass is 253 g/mol. The van der Waals surface area contributed by atoms with Gasteiger partial charge in [0.2, 0.25) is 0 Å². The van der Waals surface area contributed by atoms with E-state index in [1.165, 1.54) is 0 Å². The lowest BCUT2D eigenvalue weighted by molar-refractivity contribution is -0.136. The summed E-state index contributed by atoms with van der Waals surface area (Å²) in [5.74, 6) is 0.368. The number of carbonyl (C=O) groups excluding carboxylic acids is 2. The molecule has 1 aliphatic heterocycles. The average molecular weight is 253 g/mol. The van der Waals surface area contributed by atoms with Gasteiger partial charge >= 0.3 is 6.09 Å². The first kappa shape index (κ1) is 13.4. The molecule has 0 aromatic rings. The summed E-state index contributed by atoms with van der Waals surface area (Å²) in [6.45, 7) is 8.40. The number of carbonyl (C=O) groups is 2. The molecule has 0 aromatic carbocycles. The molecule has 1 saturated carbocycles. The number of hydrogen-bond donors (Lipinski definition) is 0. The van der Waals surface area contributed by atoms with Crippen molar-refractivity contribution in [3.05, 3.63) is 0 Å². The third kappa shape index (κ3) is 2.68. The molecule has 0 N–H and O–H groups in total. The minimum Gasteiger partial charge on any atom is -0.444 e. The van der Waals surface area contributed by atoms with Crippen LogP contribution >= 0.6 is 0 Å². The molecule has 0 radical (unpaired) electrons. The molecule has 1 saturated heterocycles. The van der Waals surface area contributed by atoms with Gasteiger partial charge < -0.3 is 9.64 Å². The quantitative estimate of drug-likeness (QED) is 0.667. The van der Waals surface area contributed by atoms with Crippen molar-refractivity contribution >= 4 is 11.9 Å². The maximum Gasteiger partial charge on any atom is 0.410 e. The van der Waals surface area contributed by atoms with Gasteiger partial charge in [0.05, 0.1) is 0 Å². The Labute approximate surface area is 109 Å². The highest BCUT2D eigenvalue weighted by Gasteiger charge is 2.48. The maximum atomic E-state index is 12.0. The molecule has 0 bridgehead atoms. The fourth-order valence-corrected chi connectivity index (χ4v) is 3.11. The van der Waals surface area contributed by atoms with Gasteiger partial charge in [0, 0.05) is 25.4 Å². The van der Waals surface area contributed by atoms with Crippen LogP contribution in [0, 0.1) is 5.41 Å². The van der Waals surface area contributed by atoms with Crippen molar-refractivity contribution in [3.63, 3.8) is 0 Å². The van der Waals surface area contributed by atoms with Crippen LogP contribution in [0.5, 0.6) is 0 Å². The van der Waals surface area contributed by atoms with Crippen LogP contribution in [0.2, 0.25) is 0 Å². The average Bonchev–Trinajstić information content (AvgIpc) is 2.12.